The smallest absolute Gasteiger partial charge is 0.255 e. The van der Waals surface area contributed by atoms with Gasteiger partial charge in [0, 0.05) is 23.0 Å². The second-order valence-electron chi connectivity index (χ2n) is 6.25. The first-order valence-corrected chi connectivity index (χ1v) is 9.92. The van der Waals surface area contributed by atoms with Gasteiger partial charge in [-0.05, 0) is 56.2 Å². The lowest BCUT2D eigenvalue weighted by atomic mass is 10.1. The number of carbonyl (C=O) groups is 2. The third-order valence-corrected chi connectivity index (χ3v) is 5.67. The number of rotatable bonds is 5. The van der Waals surface area contributed by atoms with E-state index in [0.717, 1.165) is 30.8 Å². The number of benzene rings is 2. The Labute approximate surface area is 162 Å². The van der Waals surface area contributed by atoms with Crippen LogP contribution < -0.4 is 5.32 Å². The highest BCUT2D eigenvalue weighted by Gasteiger charge is 2.23. The van der Waals surface area contributed by atoms with Crippen LogP contribution in [0.5, 0.6) is 0 Å². The second kappa shape index (κ2) is 8.60. The zero-order chi connectivity index (χ0) is 18.5. The van der Waals surface area contributed by atoms with Crippen molar-refractivity contribution in [3.63, 3.8) is 0 Å². The van der Waals surface area contributed by atoms with Crippen LogP contribution in [0.15, 0.2) is 53.4 Å². The molecule has 1 N–H and O–H groups in total. The van der Waals surface area contributed by atoms with Crippen molar-refractivity contribution in [2.45, 2.75) is 29.9 Å². The maximum Gasteiger partial charge on any atom is 0.255 e. The predicted octanol–water partition coefficient (Wildman–Crippen LogP) is 4.70. The average Bonchev–Trinajstić information content (AvgIpc) is 3.18. The number of anilines is 1. The van der Waals surface area contributed by atoms with E-state index in [4.69, 9.17) is 11.6 Å². The van der Waals surface area contributed by atoms with Gasteiger partial charge in [0.2, 0.25) is 5.91 Å². The molecular weight excluding hydrogens is 368 g/mol. The number of amides is 2. The van der Waals surface area contributed by atoms with Crippen molar-refractivity contribution in [1.82, 2.24) is 4.90 Å². The molecule has 0 saturated carbocycles. The van der Waals surface area contributed by atoms with Crippen molar-refractivity contribution in [2.24, 2.45) is 0 Å². The van der Waals surface area contributed by atoms with E-state index in [1.54, 1.807) is 24.3 Å². The third-order valence-electron chi connectivity index (χ3n) is 4.30. The number of nitrogens with one attached hydrogen (secondary N) is 1. The molecule has 2 aromatic carbocycles. The highest BCUT2D eigenvalue weighted by atomic mass is 35.5. The van der Waals surface area contributed by atoms with Gasteiger partial charge in [-0.15, -0.1) is 11.8 Å². The molecule has 1 aliphatic rings. The van der Waals surface area contributed by atoms with Crippen LogP contribution in [0.2, 0.25) is 5.02 Å². The zero-order valence-electron chi connectivity index (χ0n) is 14.6. The number of para-hydroxylation sites is 1. The summed E-state index contributed by atoms with van der Waals surface area (Å²) in [5.74, 6) is -0.150. The highest BCUT2D eigenvalue weighted by Crippen LogP contribution is 2.26. The van der Waals surface area contributed by atoms with Crippen molar-refractivity contribution < 1.29 is 9.59 Å². The van der Waals surface area contributed by atoms with Gasteiger partial charge in [-0.1, -0.05) is 23.7 Å². The van der Waals surface area contributed by atoms with Gasteiger partial charge in [-0.3, -0.25) is 9.59 Å². The molecule has 0 bridgehead atoms. The molecule has 0 aliphatic carbocycles. The van der Waals surface area contributed by atoms with Gasteiger partial charge in [-0.25, -0.2) is 0 Å². The Morgan fingerprint density at radius 3 is 2.42 bits per heavy atom. The van der Waals surface area contributed by atoms with Gasteiger partial charge in [0.25, 0.3) is 5.91 Å². The Hall–Kier alpha value is -1.98. The molecular formula is C20H21ClN2O2S. The molecule has 1 atom stereocenters. The van der Waals surface area contributed by atoms with E-state index >= 15 is 0 Å². The van der Waals surface area contributed by atoms with Gasteiger partial charge in [0.15, 0.2) is 0 Å². The molecule has 0 unspecified atom stereocenters. The number of halogens is 1. The van der Waals surface area contributed by atoms with E-state index in [-0.39, 0.29) is 17.1 Å². The number of carbonyl (C=O) groups excluding carboxylic acids is 2. The molecule has 0 radical (unpaired) electrons. The summed E-state index contributed by atoms with van der Waals surface area (Å²) in [6.45, 7) is 3.41. The standard InChI is InChI=1S/C20H21ClN2O2S/c1-14(26-16-10-8-15(21)9-11-16)19(24)22-18-7-3-2-6-17(18)20(25)23-12-4-5-13-23/h2-3,6-11,14H,4-5,12-13H2,1H3,(H,22,24)/t14-/m1/s1. The normalized spacial score (nSPS) is 14.9. The molecule has 0 aromatic heterocycles. The van der Waals surface area contributed by atoms with E-state index in [9.17, 15) is 9.59 Å². The minimum atomic E-state index is -0.300. The number of likely N-dealkylation sites (tertiary alicyclic amines) is 1. The summed E-state index contributed by atoms with van der Waals surface area (Å²) in [4.78, 5) is 28.1. The third kappa shape index (κ3) is 4.59. The Morgan fingerprint density at radius 2 is 1.73 bits per heavy atom. The topological polar surface area (TPSA) is 49.4 Å². The van der Waals surface area contributed by atoms with Crippen LogP contribution in [0, 0.1) is 0 Å². The fourth-order valence-electron chi connectivity index (χ4n) is 2.87. The maximum atomic E-state index is 12.7. The van der Waals surface area contributed by atoms with E-state index in [2.05, 4.69) is 5.32 Å². The summed E-state index contributed by atoms with van der Waals surface area (Å²) < 4.78 is 0. The SMILES string of the molecule is C[C@@H](Sc1ccc(Cl)cc1)C(=O)Nc1ccccc1C(=O)N1CCCC1. The molecule has 2 aromatic rings. The lowest BCUT2D eigenvalue weighted by Gasteiger charge is -2.19. The molecule has 1 fully saturated rings. The molecule has 1 heterocycles. The van der Waals surface area contributed by atoms with Gasteiger partial charge in [-0.2, -0.15) is 0 Å². The van der Waals surface area contributed by atoms with Crippen LogP contribution in [0.3, 0.4) is 0 Å². The molecule has 6 heteroatoms. The minimum absolute atomic E-state index is 0.0172. The lowest BCUT2D eigenvalue weighted by molar-refractivity contribution is -0.115. The average molecular weight is 389 g/mol. The molecule has 1 aliphatic heterocycles. The van der Waals surface area contributed by atoms with Crippen LogP contribution >= 0.6 is 23.4 Å². The van der Waals surface area contributed by atoms with Gasteiger partial charge >= 0.3 is 0 Å². The molecule has 136 valence electrons. The van der Waals surface area contributed by atoms with Crippen LogP contribution in [0.1, 0.15) is 30.1 Å². The number of thioether (sulfide) groups is 1. The van der Waals surface area contributed by atoms with Gasteiger partial charge < -0.3 is 10.2 Å². The lowest BCUT2D eigenvalue weighted by Crippen LogP contribution is -2.29. The molecule has 2 amide bonds. The minimum Gasteiger partial charge on any atom is -0.339 e. The van der Waals surface area contributed by atoms with Gasteiger partial charge in [0.05, 0.1) is 16.5 Å². The Morgan fingerprint density at radius 1 is 1.08 bits per heavy atom. The Balaban J connectivity index is 1.68. The predicted molar refractivity (Wildman–Crippen MR) is 107 cm³/mol. The van der Waals surface area contributed by atoms with Crippen molar-refractivity contribution in [3.05, 3.63) is 59.1 Å². The zero-order valence-corrected chi connectivity index (χ0v) is 16.1. The summed E-state index contributed by atoms with van der Waals surface area (Å²) in [6, 6.07) is 14.6. The quantitative estimate of drug-likeness (QED) is 0.755. The van der Waals surface area contributed by atoms with Crippen molar-refractivity contribution >= 4 is 40.9 Å². The fraction of sp³-hybridized carbons (Fsp3) is 0.300. The summed E-state index contributed by atoms with van der Waals surface area (Å²) >= 11 is 7.35. The van der Waals surface area contributed by atoms with Crippen LogP contribution in [0.4, 0.5) is 5.69 Å². The van der Waals surface area contributed by atoms with Crippen LogP contribution in [-0.4, -0.2) is 35.1 Å². The highest BCUT2D eigenvalue weighted by molar-refractivity contribution is 8.00. The first-order valence-electron chi connectivity index (χ1n) is 8.66. The molecule has 4 nitrogen and oxygen atoms in total. The van der Waals surface area contributed by atoms with Crippen molar-refractivity contribution in [2.75, 3.05) is 18.4 Å². The fourth-order valence-corrected chi connectivity index (χ4v) is 3.87. The summed E-state index contributed by atoms with van der Waals surface area (Å²) in [7, 11) is 0. The second-order valence-corrected chi connectivity index (χ2v) is 8.10. The number of nitrogens with zero attached hydrogens (tertiary/aromatic N) is 1. The largest absolute Gasteiger partial charge is 0.339 e. The Bertz CT molecular complexity index is 789. The first kappa shape index (κ1) is 18.8. The Kier molecular flexibility index (Phi) is 6.22. The van der Waals surface area contributed by atoms with E-state index in [0.29, 0.717) is 16.3 Å². The maximum absolute atomic E-state index is 12.7. The molecule has 3 rings (SSSR count). The monoisotopic (exact) mass is 388 g/mol. The molecule has 1 saturated heterocycles. The number of hydrogen-bond acceptors (Lipinski definition) is 3. The van der Waals surface area contributed by atoms with Crippen molar-refractivity contribution in [1.29, 1.82) is 0 Å². The summed E-state index contributed by atoms with van der Waals surface area (Å²) in [5, 5.41) is 3.28. The molecule has 0 spiro atoms. The summed E-state index contributed by atoms with van der Waals surface area (Å²) in [5.41, 5.74) is 1.12. The van der Waals surface area contributed by atoms with Crippen LogP contribution in [0.25, 0.3) is 0 Å². The number of hydrogen-bond donors (Lipinski definition) is 1. The van der Waals surface area contributed by atoms with Crippen LogP contribution in [-0.2, 0) is 4.79 Å². The summed E-state index contributed by atoms with van der Waals surface area (Å²) in [6.07, 6.45) is 2.07. The van der Waals surface area contributed by atoms with E-state index in [1.807, 2.05) is 36.1 Å². The first-order chi connectivity index (χ1) is 12.5. The van der Waals surface area contributed by atoms with Gasteiger partial charge in [0.1, 0.15) is 0 Å². The molecule has 26 heavy (non-hydrogen) atoms. The van der Waals surface area contributed by atoms with E-state index < -0.39 is 0 Å². The van der Waals surface area contributed by atoms with Crippen molar-refractivity contribution in [3.8, 4) is 0 Å². The van der Waals surface area contributed by atoms with E-state index in [1.165, 1.54) is 11.8 Å².